The topological polar surface area (TPSA) is 44.7 Å². The highest BCUT2D eigenvalue weighted by Gasteiger charge is 2.32. The monoisotopic (exact) mass is 270 g/mol. The van der Waals surface area contributed by atoms with Crippen molar-refractivity contribution in [3.8, 4) is 0 Å². The Morgan fingerprint density at radius 2 is 1.95 bits per heavy atom. The van der Waals surface area contributed by atoms with Gasteiger partial charge in [-0.3, -0.25) is 0 Å². The lowest BCUT2D eigenvalue weighted by Crippen LogP contribution is -2.48. The van der Waals surface area contributed by atoms with Crippen LogP contribution in [0.2, 0.25) is 0 Å². The lowest BCUT2D eigenvalue weighted by molar-refractivity contribution is -0.0174. The zero-order valence-electron chi connectivity index (χ0n) is 12.4. The largest absolute Gasteiger partial charge is 0.396 e. The summed E-state index contributed by atoms with van der Waals surface area (Å²) in [5, 5.41) is 13.4. The van der Waals surface area contributed by atoms with Crippen LogP contribution in [0.4, 0.5) is 0 Å². The maximum Gasteiger partial charge on any atom is 0.0501 e. The molecule has 2 rings (SSSR count). The SMILES string of the molecule is CCCN1CCC(NCC2(CO)CCOCC2)CC1. The highest BCUT2D eigenvalue weighted by Crippen LogP contribution is 2.29. The van der Waals surface area contributed by atoms with Crippen LogP contribution in [-0.2, 0) is 4.74 Å². The first-order chi connectivity index (χ1) is 9.28. The summed E-state index contributed by atoms with van der Waals surface area (Å²) in [7, 11) is 0. The van der Waals surface area contributed by atoms with Gasteiger partial charge in [-0.25, -0.2) is 0 Å². The van der Waals surface area contributed by atoms with Gasteiger partial charge in [-0.05, 0) is 51.7 Å². The number of nitrogens with zero attached hydrogens (tertiary/aromatic N) is 1. The van der Waals surface area contributed by atoms with Crippen molar-refractivity contribution < 1.29 is 9.84 Å². The Morgan fingerprint density at radius 1 is 1.26 bits per heavy atom. The Labute approximate surface area is 117 Å². The molecule has 0 bridgehead atoms. The fourth-order valence-electron chi connectivity index (χ4n) is 3.23. The number of piperidine rings is 1. The van der Waals surface area contributed by atoms with E-state index in [9.17, 15) is 5.11 Å². The predicted molar refractivity (Wildman–Crippen MR) is 77.3 cm³/mol. The molecule has 2 saturated heterocycles. The zero-order chi connectivity index (χ0) is 13.6. The van der Waals surface area contributed by atoms with Gasteiger partial charge in [0.1, 0.15) is 0 Å². The van der Waals surface area contributed by atoms with Crippen LogP contribution in [0.25, 0.3) is 0 Å². The van der Waals surface area contributed by atoms with E-state index in [1.807, 2.05) is 0 Å². The minimum absolute atomic E-state index is 0.0683. The number of nitrogens with one attached hydrogen (secondary N) is 1. The molecule has 0 saturated carbocycles. The molecule has 112 valence electrons. The maximum atomic E-state index is 9.68. The van der Waals surface area contributed by atoms with Gasteiger partial charge in [-0.2, -0.15) is 0 Å². The number of aliphatic hydroxyl groups excluding tert-OH is 1. The first-order valence-corrected chi connectivity index (χ1v) is 7.92. The van der Waals surface area contributed by atoms with Gasteiger partial charge in [-0.1, -0.05) is 6.92 Å². The molecule has 0 radical (unpaired) electrons. The van der Waals surface area contributed by atoms with Crippen molar-refractivity contribution >= 4 is 0 Å². The Kier molecular flexibility index (Phi) is 6.07. The van der Waals surface area contributed by atoms with Crippen molar-refractivity contribution in [2.45, 2.75) is 45.1 Å². The van der Waals surface area contributed by atoms with Gasteiger partial charge >= 0.3 is 0 Å². The maximum absolute atomic E-state index is 9.68. The van der Waals surface area contributed by atoms with Gasteiger partial charge in [-0.15, -0.1) is 0 Å². The average Bonchev–Trinajstić information content (AvgIpc) is 2.48. The molecule has 0 unspecified atom stereocenters. The van der Waals surface area contributed by atoms with Crippen LogP contribution < -0.4 is 5.32 Å². The fraction of sp³-hybridized carbons (Fsp3) is 1.00. The van der Waals surface area contributed by atoms with Gasteiger partial charge in [0.25, 0.3) is 0 Å². The fourth-order valence-corrected chi connectivity index (χ4v) is 3.23. The minimum atomic E-state index is 0.0683. The third-order valence-electron chi connectivity index (χ3n) is 4.78. The molecule has 2 N–H and O–H groups in total. The predicted octanol–water partition coefficient (Wildman–Crippen LogP) is 1.24. The van der Waals surface area contributed by atoms with E-state index >= 15 is 0 Å². The molecule has 0 aromatic rings. The summed E-state index contributed by atoms with van der Waals surface area (Å²) >= 11 is 0. The summed E-state index contributed by atoms with van der Waals surface area (Å²) in [5.74, 6) is 0. The van der Waals surface area contributed by atoms with Crippen molar-refractivity contribution in [2.75, 3.05) is 46.0 Å². The van der Waals surface area contributed by atoms with Crippen LogP contribution in [-0.4, -0.2) is 62.0 Å². The second-order valence-electron chi connectivity index (χ2n) is 6.27. The Morgan fingerprint density at radius 3 is 2.53 bits per heavy atom. The van der Waals surface area contributed by atoms with Crippen molar-refractivity contribution in [3.63, 3.8) is 0 Å². The summed E-state index contributed by atoms with van der Waals surface area (Å²) in [6.45, 7) is 8.78. The van der Waals surface area contributed by atoms with Crippen molar-refractivity contribution in [1.29, 1.82) is 0 Å². The molecule has 2 aliphatic rings. The van der Waals surface area contributed by atoms with Crippen LogP contribution >= 0.6 is 0 Å². The number of hydrogen-bond donors (Lipinski definition) is 2. The third-order valence-corrected chi connectivity index (χ3v) is 4.78. The Balaban J connectivity index is 1.70. The van der Waals surface area contributed by atoms with Crippen molar-refractivity contribution in [2.24, 2.45) is 5.41 Å². The molecule has 2 fully saturated rings. The smallest absolute Gasteiger partial charge is 0.0501 e. The van der Waals surface area contributed by atoms with E-state index in [2.05, 4.69) is 17.1 Å². The molecule has 0 atom stereocenters. The number of likely N-dealkylation sites (tertiary alicyclic amines) is 1. The summed E-state index contributed by atoms with van der Waals surface area (Å²) in [4.78, 5) is 2.56. The zero-order valence-corrected chi connectivity index (χ0v) is 12.4. The van der Waals surface area contributed by atoms with Gasteiger partial charge in [0.05, 0.1) is 6.61 Å². The molecule has 4 nitrogen and oxygen atoms in total. The van der Waals surface area contributed by atoms with E-state index in [-0.39, 0.29) is 12.0 Å². The van der Waals surface area contributed by atoms with Gasteiger partial charge in [0, 0.05) is 31.2 Å². The minimum Gasteiger partial charge on any atom is -0.396 e. The third kappa shape index (κ3) is 4.42. The molecule has 4 heteroatoms. The Bertz CT molecular complexity index is 247. The van der Waals surface area contributed by atoms with Crippen molar-refractivity contribution in [1.82, 2.24) is 10.2 Å². The molecular weight excluding hydrogens is 240 g/mol. The molecule has 19 heavy (non-hydrogen) atoms. The first-order valence-electron chi connectivity index (χ1n) is 7.92. The molecule has 0 aliphatic carbocycles. The van der Waals surface area contributed by atoms with Crippen LogP contribution in [0, 0.1) is 5.41 Å². The van der Waals surface area contributed by atoms with E-state index in [1.165, 1.54) is 38.9 Å². The van der Waals surface area contributed by atoms with E-state index in [1.54, 1.807) is 0 Å². The molecule has 0 aromatic heterocycles. The second kappa shape index (κ2) is 7.58. The lowest BCUT2D eigenvalue weighted by Gasteiger charge is -2.38. The lowest BCUT2D eigenvalue weighted by atomic mass is 9.80. The van der Waals surface area contributed by atoms with Crippen LogP contribution in [0.5, 0.6) is 0 Å². The quantitative estimate of drug-likeness (QED) is 0.762. The summed E-state index contributed by atoms with van der Waals surface area (Å²) in [5.41, 5.74) is 0.0683. The van der Waals surface area contributed by atoms with Crippen LogP contribution in [0.3, 0.4) is 0 Å². The average molecular weight is 270 g/mol. The second-order valence-corrected chi connectivity index (χ2v) is 6.27. The number of aliphatic hydroxyl groups is 1. The summed E-state index contributed by atoms with van der Waals surface area (Å²) in [6, 6.07) is 0.638. The van der Waals surface area contributed by atoms with Crippen LogP contribution in [0.15, 0.2) is 0 Å². The van der Waals surface area contributed by atoms with E-state index in [0.29, 0.717) is 6.04 Å². The highest BCUT2D eigenvalue weighted by atomic mass is 16.5. The molecule has 0 aromatic carbocycles. The van der Waals surface area contributed by atoms with Gasteiger partial charge in [0.2, 0.25) is 0 Å². The standard InChI is InChI=1S/C15H30N2O2/c1-2-7-17-8-3-14(4-9-17)16-12-15(13-18)5-10-19-11-6-15/h14,16,18H,2-13H2,1H3. The van der Waals surface area contributed by atoms with Crippen LogP contribution in [0.1, 0.15) is 39.0 Å². The van der Waals surface area contributed by atoms with Crippen molar-refractivity contribution in [3.05, 3.63) is 0 Å². The van der Waals surface area contributed by atoms with Gasteiger partial charge < -0.3 is 20.1 Å². The van der Waals surface area contributed by atoms with Gasteiger partial charge in [0.15, 0.2) is 0 Å². The first kappa shape index (κ1) is 15.2. The molecule has 2 heterocycles. The molecular formula is C15H30N2O2. The Hall–Kier alpha value is -0.160. The number of ether oxygens (including phenoxy) is 1. The normalized spacial score (nSPS) is 25.6. The summed E-state index contributed by atoms with van der Waals surface area (Å²) < 4.78 is 5.41. The van der Waals surface area contributed by atoms with E-state index in [4.69, 9.17) is 4.74 Å². The summed E-state index contributed by atoms with van der Waals surface area (Å²) in [6.07, 6.45) is 5.73. The molecule has 2 aliphatic heterocycles. The van der Waals surface area contributed by atoms with E-state index in [0.717, 1.165) is 32.6 Å². The van der Waals surface area contributed by atoms with E-state index < -0.39 is 0 Å². The molecule has 0 spiro atoms. The molecule has 0 amide bonds. The highest BCUT2D eigenvalue weighted by molar-refractivity contribution is 4.86. The number of rotatable bonds is 6. The number of hydrogen-bond acceptors (Lipinski definition) is 4.